The number of fused-ring (bicyclic) bond motifs is 3. The van der Waals surface area contributed by atoms with Crippen molar-refractivity contribution in [3.8, 4) is 5.75 Å². The van der Waals surface area contributed by atoms with Crippen molar-refractivity contribution < 1.29 is 39.9 Å². The number of amides is 1. The summed E-state index contributed by atoms with van der Waals surface area (Å²) in [6.45, 7) is 1.45. The van der Waals surface area contributed by atoms with Gasteiger partial charge in [-0.3, -0.25) is 24.2 Å². The lowest BCUT2D eigenvalue weighted by molar-refractivity contribution is -0.148. The van der Waals surface area contributed by atoms with Gasteiger partial charge >= 0.3 is 0 Å². The number of phenols is 1. The van der Waals surface area contributed by atoms with Gasteiger partial charge in [-0.05, 0) is 75.9 Å². The molecule has 0 radical (unpaired) electrons. The first-order valence-corrected chi connectivity index (χ1v) is 14.3. The van der Waals surface area contributed by atoms with Crippen LogP contribution >= 0.6 is 0 Å². The molecule has 1 fully saturated rings. The molecule has 0 bridgehead atoms. The average molecular weight is 585 g/mol. The summed E-state index contributed by atoms with van der Waals surface area (Å²) >= 11 is 0. The van der Waals surface area contributed by atoms with E-state index in [0.29, 0.717) is 18.5 Å². The van der Waals surface area contributed by atoms with Gasteiger partial charge in [-0.15, -0.1) is 0 Å². The summed E-state index contributed by atoms with van der Waals surface area (Å²) in [5.74, 6) is -6.66. The largest absolute Gasteiger partial charge is 0.510 e. The number of aliphatic hydroxyl groups is 4. The van der Waals surface area contributed by atoms with Crippen molar-refractivity contribution in [2.45, 2.75) is 56.3 Å². The van der Waals surface area contributed by atoms with E-state index in [2.05, 4.69) is 4.90 Å². The normalized spacial score (nSPS) is 29.6. The number of Topliss-reactive ketones (excluding diaryl/α,β-unsaturated/α-hetero) is 2. The third-order valence-electron chi connectivity index (χ3n) is 9.56. The van der Waals surface area contributed by atoms with Crippen LogP contribution in [-0.4, -0.2) is 112 Å². The SMILES string of the molecule is CN(C)c1c(CN2CCC[C@H]2CCO)cc(O)c2c1C[C@H]1C[C@H]3[C@H](N(C)C)C(O)=C(C(N)=O)C(=O)[C@@]3(O)C(O)=C1C2=O. The molecule has 0 saturated carbocycles. The lowest BCUT2D eigenvalue weighted by Gasteiger charge is -2.50. The van der Waals surface area contributed by atoms with E-state index in [1.807, 2.05) is 19.0 Å². The molecular formula is C30H40N4O8. The molecule has 3 aliphatic carbocycles. The van der Waals surface area contributed by atoms with E-state index < -0.39 is 58.0 Å². The highest BCUT2D eigenvalue weighted by molar-refractivity contribution is 6.24. The fourth-order valence-electron chi connectivity index (χ4n) is 7.85. The summed E-state index contributed by atoms with van der Waals surface area (Å²) in [6, 6.07) is 0.727. The zero-order chi connectivity index (χ0) is 30.8. The molecule has 1 amide bonds. The van der Waals surface area contributed by atoms with Gasteiger partial charge in [0.25, 0.3) is 5.91 Å². The van der Waals surface area contributed by atoms with Crippen molar-refractivity contribution in [3.63, 3.8) is 0 Å². The van der Waals surface area contributed by atoms with Gasteiger partial charge in [0.15, 0.2) is 11.4 Å². The second-order valence-electron chi connectivity index (χ2n) is 12.4. The van der Waals surface area contributed by atoms with Gasteiger partial charge in [0.2, 0.25) is 5.78 Å². The van der Waals surface area contributed by atoms with Crippen molar-refractivity contribution in [1.82, 2.24) is 9.80 Å². The molecule has 5 atom stereocenters. The van der Waals surface area contributed by atoms with Crippen molar-refractivity contribution in [3.05, 3.63) is 45.4 Å². The molecule has 12 nitrogen and oxygen atoms in total. The molecule has 42 heavy (non-hydrogen) atoms. The number of phenolic OH excluding ortho intramolecular Hbond substituents is 1. The lowest BCUT2D eigenvalue weighted by Crippen LogP contribution is -2.63. The number of likely N-dealkylation sites (tertiary alicyclic amines) is 1. The molecule has 4 aliphatic rings. The minimum atomic E-state index is -2.66. The van der Waals surface area contributed by atoms with Gasteiger partial charge in [0, 0.05) is 50.5 Å². The summed E-state index contributed by atoms with van der Waals surface area (Å²) in [5, 5.41) is 55.0. The van der Waals surface area contributed by atoms with Gasteiger partial charge in [0.1, 0.15) is 22.8 Å². The third-order valence-corrected chi connectivity index (χ3v) is 9.56. The highest BCUT2D eigenvalue weighted by Gasteiger charge is 2.63. The number of carbonyl (C=O) groups is 3. The first kappa shape index (κ1) is 30.0. The number of rotatable bonds is 7. The number of aliphatic hydroxyl groups excluding tert-OH is 3. The second kappa shape index (κ2) is 10.7. The van der Waals surface area contributed by atoms with Crippen LogP contribution in [-0.2, 0) is 22.6 Å². The molecule has 228 valence electrons. The second-order valence-corrected chi connectivity index (χ2v) is 12.4. The van der Waals surface area contributed by atoms with Crippen LogP contribution in [0, 0.1) is 11.8 Å². The number of aromatic hydroxyl groups is 1. The van der Waals surface area contributed by atoms with Crippen molar-refractivity contribution >= 4 is 23.2 Å². The monoisotopic (exact) mass is 584 g/mol. The maximum absolute atomic E-state index is 14.0. The Balaban J connectivity index is 1.65. The lowest BCUT2D eigenvalue weighted by atomic mass is 9.58. The van der Waals surface area contributed by atoms with Crippen LogP contribution in [0.15, 0.2) is 28.7 Å². The first-order chi connectivity index (χ1) is 19.7. The summed E-state index contributed by atoms with van der Waals surface area (Å²) in [5.41, 5.74) is 3.92. The van der Waals surface area contributed by atoms with E-state index in [1.54, 1.807) is 20.2 Å². The summed E-state index contributed by atoms with van der Waals surface area (Å²) in [7, 11) is 6.91. The molecule has 1 saturated heterocycles. The Labute approximate surface area is 244 Å². The molecule has 0 spiro atoms. The van der Waals surface area contributed by atoms with E-state index in [0.717, 1.165) is 30.6 Å². The standard InChI is InChI=1S/C30H40N4O8/c1-32(2)23-15(13-34-8-5-6-16(34)7-9-35)12-19(36)21-17(23)10-14-11-18-24(33(3)4)26(38)22(29(31)41)28(40)30(18,42)27(39)20(14)25(21)37/h12,14,16,18,24,35-36,38-39,42H,5-11,13H2,1-4H3,(H2,31,41)/t14-,16-,18-,24-,30-/m0/s1. The predicted molar refractivity (Wildman–Crippen MR) is 153 cm³/mol. The number of allylic oxidation sites excluding steroid dienone is 1. The summed E-state index contributed by atoms with van der Waals surface area (Å²) in [4.78, 5) is 45.4. The maximum atomic E-state index is 14.0. The highest BCUT2D eigenvalue weighted by atomic mass is 16.3. The van der Waals surface area contributed by atoms with Crippen LogP contribution in [0.2, 0.25) is 0 Å². The number of primary amides is 1. The van der Waals surface area contributed by atoms with Gasteiger partial charge in [-0.1, -0.05) is 0 Å². The Morgan fingerprint density at radius 1 is 1.17 bits per heavy atom. The number of anilines is 1. The maximum Gasteiger partial charge on any atom is 0.255 e. The molecule has 1 aromatic carbocycles. The topological polar surface area (TPSA) is 188 Å². The number of hydrogen-bond acceptors (Lipinski definition) is 11. The fourth-order valence-corrected chi connectivity index (χ4v) is 7.85. The minimum absolute atomic E-state index is 0.00318. The number of hydrogen-bond donors (Lipinski definition) is 6. The molecule has 1 aliphatic heterocycles. The first-order valence-electron chi connectivity index (χ1n) is 14.3. The molecular weight excluding hydrogens is 544 g/mol. The highest BCUT2D eigenvalue weighted by Crippen LogP contribution is 2.53. The molecule has 0 unspecified atom stereocenters. The number of likely N-dealkylation sites (N-methyl/N-ethyl adjacent to an activating group) is 1. The molecule has 0 aromatic heterocycles. The summed E-state index contributed by atoms with van der Waals surface area (Å²) in [6.07, 6.45) is 2.88. The molecule has 5 rings (SSSR count). The molecule has 7 N–H and O–H groups in total. The van der Waals surface area contributed by atoms with Crippen LogP contribution in [0.3, 0.4) is 0 Å². The Bertz CT molecular complexity index is 1420. The summed E-state index contributed by atoms with van der Waals surface area (Å²) < 4.78 is 0. The number of carbonyl (C=O) groups excluding carboxylic acids is 3. The van der Waals surface area contributed by atoms with E-state index in [-0.39, 0.29) is 42.4 Å². The van der Waals surface area contributed by atoms with Crippen LogP contribution in [0.5, 0.6) is 5.75 Å². The van der Waals surface area contributed by atoms with Crippen molar-refractivity contribution in [2.24, 2.45) is 17.6 Å². The van der Waals surface area contributed by atoms with E-state index >= 15 is 0 Å². The van der Waals surface area contributed by atoms with Crippen LogP contribution in [0.1, 0.15) is 47.2 Å². The Kier molecular flexibility index (Phi) is 7.63. The van der Waals surface area contributed by atoms with E-state index in [4.69, 9.17) is 5.73 Å². The van der Waals surface area contributed by atoms with E-state index in [9.17, 15) is 39.9 Å². The Morgan fingerprint density at radius 2 is 1.86 bits per heavy atom. The zero-order valence-electron chi connectivity index (χ0n) is 24.4. The molecule has 1 heterocycles. The Morgan fingerprint density at radius 3 is 2.45 bits per heavy atom. The van der Waals surface area contributed by atoms with Crippen molar-refractivity contribution in [2.75, 3.05) is 46.2 Å². The fraction of sp³-hybridized carbons (Fsp3) is 0.567. The average Bonchev–Trinajstić information content (AvgIpc) is 3.32. The van der Waals surface area contributed by atoms with Crippen LogP contribution in [0.25, 0.3) is 0 Å². The van der Waals surface area contributed by atoms with Crippen LogP contribution in [0.4, 0.5) is 5.69 Å². The molecule has 12 heteroatoms. The Hall–Kier alpha value is -3.45. The van der Waals surface area contributed by atoms with Gasteiger partial charge in [0.05, 0.1) is 11.6 Å². The quantitative estimate of drug-likeness (QED) is 0.245. The minimum Gasteiger partial charge on any atom is -0.510 e. The number of nitrogens with two attached hydrogens (primary N) is 1. The van der Waals surface area contributed by atoms with Crippen molar-refractivity contribution in [1.29, 1.82) is 0 Å². The number of benzene rings is 1. The van der Waals surface area contributed by atoms with Gasteiger partial charge in [-0.2, -0.15) is 0 Å². The smallest absolute Gasteiger partial charge is 0.255 e. The molecule has 1 aromatic rings. The van der Waals surface area contributed by atoms with Gasteiger partial charge in [-0.25, -0.2) is 0 Å². The zero-order valence-corrected chi connectivity index (χ0v) is 24.4. The van der Waals surface area contributed by atoms with Crippen LogP contribution < -0.4 is 10.6 Å². The third kappa shape index (κ3) is 4.31. The number of nitrogens with zero attached hydrogens (tertiary/aromatic N) is 3. The van der Waals surface area contributed by atoms with Gasteiger partial charge < -0.3 is 36.2 Å². The number of ketones is 2. The predicted octanol–water partition coefficient (Wildman–Crippen LogP) is 0.533. The van der Waals surface area contributed by atoms with E-state index in [1.165, 1.54) is 4.90 Å².